The Balaban J connectivity index is 1.52. The van der Waals surface area contributed by atoms with Crippen molar-refractivity contribution in [3.05, 3.63) is 87.6 Å². The fourth-order valence-electron chi connectivity index (χ4n) is 3.31. The molecule has 0 spiro atoms. The second kappa shape index (κ2) is 9.78. The maximum absolute atomic E-state index is 12.2. The highest BCUT2D eigenvalue weighted by Gasteiger charge is 2.17. The van der Waals surface area contributed by atoms with Crippen molar-refractivity contribution < 1.29 is 14.4 Å². The highest BCUT2D eigenvalue weighted by molar-refractivity contribution is 6.35. The van der Waals surface area contributed by atoms with Gasteiger partial charge in [0.15, 0.2) is 0 Å². The molecule has 0 aliphatic heterocycles. The lowest BCUT2D eigenvalue weighted by Crippen LogP contribution is -2.41. The normalized spacial score (nSPS) is 11.6. The van der Waals surface area contributed by atoms with Crippen molar-refractivity contribution in [2.75, 3.05) is 6.54 Å². The molecule has 0 saturated carbocycles. The van der Waals surface area contributed by atoms with Gasteiger partial charge in [-0.2, -0.15) is 0 Å². The molecule has 1 aromatic heterocycles. The van der Waals surface area contributed by atoms with E-state index >= 15 is 0 Å². The Bertz CT molecular complexity index is 1190. The Labute approximate surface area is 184 Å². The lowest BCUT2D eigenvalue weighted by Gasteiger charge is -2.15. The molecule has 9 heteroatoms. The minimum Gasteiger partial charge on any atom is -0.366 e. The smallest absolute Gasteiger partial charge is 0.330 e. The fourth-order valence-corrected chi connectivity index (χ4v) is 3.31. The molecule has 0 fully saturated rings. The van der Waals surface area contributed by atoms with Crippen molar-refractivity contribution in [3.63, 3.8) is 0 Å². The van der Waals surface area contributed by atoms with E-state index in [2.05, 4.69) is 15.6 Å². The van der Waals surface area contributed by atoms with Crippen LogP contribution >= 0.6 is 0 Å². The molecule has 3 aromatic rings. The lowest BCUT2D eigenvalue weighted by atomic mass is 10.1. The number of imidazole rings is 1. The van der Waals surface area contributed by atoms with Crippen molar-refractivity contribution in [2.24, 2.45) is 5.73 Å². The van der Waals surface area contributed by atoms with Gasteiger partial charge in [0, 0.05) is 24.0 Å². The van der Waals surface area contributed by atoms with Gasteiger partial charge >= 0.3 is 17.5 Å². The number of carbonyl (C=O) groups is 3. The number of H-pyrrole nitrogens is 1. The van der Waals surface area contributed by atoms with E-state index in [1.54, 1.807) is 60.2 Å². The summed E-state index contributed by atoms with van der Waals surface area (Å²) in [6.07, 6.45) is 2.08. The number of aryl methyl sites for hydroxylation is 1. The molecule has 2 aromatic carbocycles. The van der Waals surface area contributed by atoms with Crippen LogP contribution in [0.4, 0.5) is 0 Å². The number of benzene rings is 2. The third-order valence-electron chi connectivity index (χ3n) is 5.08. The summed E-state index contributed by atoms with van der Waals surface area (Å²) in [6.45, 7) is 3.83. The van der Waals surface area contributed by atoms with Crippen molar-refractivity contribution in [1.82, 2.24) is 20.2 Å². The van der Waals surface area contributed by atoms with Crippen LogP contribution in [-0.4, -0.2) is 33.8 Å². The van der Waals surface area contributed by atoms with Gasteiger partial charge in [-0.3, -0.25) is 19.0 Å². The highest BCUT2D eigenvalue weighted by atomic mass is 16.2. The molecule has 32 heavy (non-hydrogen) atoms. The predicted molar refractivity (Wildman–Crippen MR) is 119 cm³/mol. The Morgan fingerprint density at radius 3 is 2.44 bits per heavy atom. The Morgan fingerprint density at radius 1 is 1.09 bits per heavy atom. The number of hydrogen-bond acceptors (Lipinski definition) is 4. The van der Waals surface area contributed by atoms with Gasteiger partial charge in [0.2, 0.25) is 5.91 Å². The van der Waals surface area contributed by atoms with Crippen LogP contribution in [0.5, 0.6) is 0 Å². The lowest BCUT2D eigenvalue weighted by molar-refractivity contribution is -0.139. The number of amides is 3. The number of nitrogens with two attached hydrogens (primary N) is 1. The van der Waals surface area contributed by atoms with E-state index in [-0.39, 0.29) is 12.2 Å². The maximum atomic E-state index is 12.2. The van der Waals surface area contributed by atoms with E-state index in [4.69, 9.17) is 5.73 Å². The van der Waals surface area contributed by atoms with E-state index < -0.39 is 23.8 Å². The van der Waals surface area contributed by atoms with Crippen LogP contribution in [0.25, 0.3) is 5.69 Å². The molecule has 0 aliphatic rings. The predicted octanol–water partition coefficient (Wildman–Crippen LogP) is 1.11. The summed E-state index contributed by atoms with van der Waals surface area (Å²) in [5, 5.41) is 5.23. The molecule has 0 saturated heterocycles. The molecular formula is C23H25N5O4. The van der Waals surface area contributed by atoms with Crippen molar-refractivity contribution in [2.45, 2.75) is 26.3 Å². The van der Waals surface area contributed by atoms with Crippen LogP contribution in [0, 0.1) is 6.92 Å². The molecular weight excluding hydrogens is 410 g/mol. The second-order valence-electron chi connectivity index (χ2n) is 7.43. The second-order valence-corrected chi connectivity index (χ2v) is 7.43. The third-order valence-corrected chi connectivity index (χ3v) is 5.08. The first-order valence-electron chi connectivity index (χ1n) is 10.1. The maximum Gasteiger partial charge on any atom is 0.330 e. The summed E-state index contributed by atoms with van der Waals surface area (Å²) in [5.41, 5.74) is 8.53. The van der Waals surface area contributed by atoms with E-state index in [1.165, 1.54) is 0 Å². The van der Waals surface area contributed by atoms with E-state index in [0.717, 1.165) is 16.8 Å². The Hall–Kier alpha value is -4.14. The zero-order valence-electron chi connectivity index (χ0n) is 17.8. The van der Waals surface area contributed by atoms with E-state index in [9.17, 15) is 19.2 Å². The summed E-state index contributed by atoms with van der Waals surface area (Å²) in [6, 6.07) is 13.5. The van der Waals surface area contributed by atoms with Crippen LogP contribution in [0.3, 0.4) is 0 Å². The Morgan fingerprint density at radius 2 is 1.81 bits per heavy atom. The van der Waals surface area contributed by atoms with Gasteiger partial charge in [-0.15, -0.1) is 0 Å². The van der Waals surface area contributed by atoms with Crippen LogP contribution in [0.2, 0.25) is 0 Å². The number of primary amides is 1. The van der Waals surface area contributed by atoms with E-state index in [0.29, 0.717) is 17.7 Å². The number of carbonyl (C=O) groups excluding carboxylic acids is 3. The molecule has 0 radical (unpaired) electrons. The summed E-state index contributed by atoms with van der Waals surface area (Å²) in [7, 11) is 0. The zero-order valence-corrected chi connectivity index (χ0v) is 17.8. The molecule has 9 nitrogen and oxygen atoms in total. The van der Waals surface area contributed by atoms with Gasteiger partial charge in [0.05, 0.1) is 11.7 Å². The molecule has 0 bridgehead atoms. The van der Waals surface area contributed by atoms with Crippen LogP contribution < -0.4 is 22.1 Å². The van der Waals surface area contributed by atoms with Gasteiger partial charge < -0.3 is 21.4 Å². The van der Waals surface area contributed by atoms with Crippen LogP contribution in [-0.2, 0) is 16.0 Å². The summed E-state index contributed by atoms with van der Waals surface area (Å²) >= 11 is 0. The summed E-state index contributed by atoms with van der Waals surface area (Å²) in [5.74, 6) is -2.01. The molecule has 5 N–H and O–H groups in total. The molecule has 0 aliphatic carbocycles. The van der Waals surface area contributed by atoms with Crippen molar-refractivity contribution in [1.29, 1.82) is 0 Å². The first-order chi connectivity index (χ1) is 15.3. The molecule has 166 valence electrons. The minimum atomic E-state index is -0.745. The van der Waals surface area contributed by atoms with Gasteiger partial charge in [0.25, 0.3) is 0 Å². The first kappa shape index (κ1) is 22.5. The van der Waals surface area contributed by atoms with Crippen LogP contribution in [0.15, 0.2) is 59.5 Å². The fraction of sp³-hybridized carbons (Fsp3) is 0.217. The third kappa shape index (κ3) is 5.31. The number of nitrogens with one attached hydrogen (secondary N) is 3. The number of aromatic nitrogens is 2. The average molecular weight is 435 g/mol. The number of rotatable bonds is 7. The summed E-state index contributed by atoms with van der Waals surface area (Å²) in [4.78, 5) is 50.1. The Kier molecular flexibility index (Phi) is 6.89. The molecule has 1 atom stereocenters. The first-order valence-corrected chi connectivity index (χ1v) is 10.1. The molecule has 1 unspecified atom stereocenters. The highest BCUT2D eigenvalue weighted by Crippen LogP contribution is 2.16. The number of aromatic amines is 1. The van der Waals surface area contributed by atoms with Crippen molar-refractivity contribution in [3.8, 4) is 5.69 Å². The van der Waals surface area contributed by atoms with Crippen molar-refractivity contribution >= 4 is 17.7 Å². The van der Waals surface area contributed by atoms with Gasteiger partial charge in [-0.05, 0) is 55.7 Å². The SMILES string of the molecule is Cc1c[nH]c(=O)n1-c1ccc(C(C)NC(=O)C(=O)NCCc2cccc(C(N)=O)c2)cc1. The van der Waals surface area contributed by atoms with Crippen LogP contribution in [0.1, 0.15) is 40.1 Å². The largest absolute Gasteiger partial charge is 0.366 e. The molecule has 1 heterocycles. The summed E-state index contributed by atoms with van der Waals surface area (Å²) < 4.78 is 1.54. The molecule has 3 rings (SSSR count). The number of nitrogens with zero attached hydrogens (tertiary/aromatic N) is 1. The topological polar surface area (TPSA) is 139 Å². The quantitative estimate of drug-likeness (QED) is 0.413. The van der Waals surface area contributed by atoms with Gasteiger partial charge in [-0.1, -0.05) is 24.3 Å². The zero-order chi connectivity index (χ0) is 23.3. The minimum absolute atomic E-state index is 0.227. The average Bonchev–Trinajstić information content (AvgIpc) is 3.11. The standard InChI is InChI=1S/C23H25N5O4/c1-14-13-26-23(32)28(14)19-8-6-17(7-9-19)15(2)27-22(31)21(30)25-11-10-16-4-3-5-18(12-16)20(24)29/h3-9,12-13,15H,10-11H2,1-2H3,(H2,24,29)(H,25,30)(H,26,32)(H,27,31). The monoisotopic (exact) mass is 435 g/mol. The van der Waals surface area contributed by atoms with E-state index in [1.807, 2.05) is 13.0 Å². The molecule has 3 amide bonds. The van der Waals surface area contributed by atoms with Gasteiger partial charge in [0.1, 0.15) is 0 Å². The number of hydrogen-bond donors (Lipinski definition) is 4. The van der Waals surface area contributed by atoms with Gasteiger partial charge in [-0.25, -0.2) is 4.79 Å².